The Morgan fingerprint density at radius 1 is 1.00 bits per heavy atom. The van der Waals surface area contributed by atoms with Gasteiger partial charge in [-0.3, -0.25) is 14.6 Å². The number of rotatable bonds is 7. The molecule has 1 aromatic carbocycles. The zero-order valence-electron chi connectivity index (χ0n) is 28.8. The maximum atomic E-state index is 13.6. The van der Waals surface area contributed by atoms with E-state index in [1.165, 1.54) is 16.7 Å². The number of pyridine rings is 1. The van der Waals surface area contributed by atoms with E-state index in [1.807, 2.05) is 17.2 Å². The Kier molecular flexibility index (Phi) is 11.6. The topological polar surface area (TPSA) is 121 Å². The van der Waals surface area contributed by atoms with Crippen molar-refractivity contribution in [3.8, 4) is 0 Å². The quantitative estimate of drug-likeness (QED) is 0.260. The van der Waals surface area contributed by atoms with E-state index in [-0.39, 0.29) is 30.1 Å². The van der Waals surface area contributed by atoms with Gasteiger partial charge in [0.05, 0.1) is 12.0 Å². The van der Waals surface area contributed by atoms with E-state index in [9.17, 15) is 14.4 Å². The number of aromatic nitrogens is 3. The maximum absolute atomic E-state index is 13.6. The predicted octanol–water partition coefficient (Wildman–Crippen LogP) is 7.22. The van der Waals surface area contributed by atoms with Crippen LogP contribution in [0.1, 0.15) is 86.9 Å². The fourth-order valence-electron chi connectivity index (χ4n) is 7.73. The van der Waals surface area contributed by atoms with E-state index < -0.39 is 17.7 Å². The second-order valence-corrected chi connectivity index (χ2v) is 17.0. The summed E-state index contributed by atoms with van der Waals surface area (Å²) in [7, 11) is 0. The first kappa shape index (κ1) is 36.8. The van der Waals surface area contributed by atoms with Gasteiger partial charge in [0.2, 0.25) is 11.8 Å². The van der Waals surface area contributed by atoms with Gasteiger partial charge in [0.1, 0.15) is 11.6 Å². The third-order valence-electron chi connectivity index (χ3n) is 10.1. The van der Waals surface area contributed by atoms with E-state index in [1.54, 1.807) is 38.2 Å². The molecule has 1 aliphatic carbocycles. The number of aromatic amines is 1. The summed E-state index contributed by atoms with van der Waals surface area (Å²) in [5.74, 6) is 0.712. The largest absolute Gasteiger partial charge is 0.444 e. The van der Waals surface area contributed by atoms with Crippen LogP contribution in [0.5, 0.6) is 0 Å². The van der Waals surface area contributed by atoms with Crippen molar-refractivity contribution >= 4 is 61.4 Å². The number of nitrogens with zero attached hydrogens (tertiary/aromatic N) is 4. The number of hydrogen-bond donors (Lipinski definition) is 2. The molecule has 2 aromatic heterocycles. The van der Waals surface area contributed by atoms with Crippen LogP contribution in [0.3, 0.4) is 0 Å². The van der Waals surface area contributed by atoms with E-state index in [2.05, 4.69) is 59.3 Å². The molecule has 0 unspecified atom stereocenters. The monoisotopic (exact) mass is 830 g/mol. The van der Waals surface area contributed by atoms with Crippen LogP contribution in [0.2, 0.25) is 5.02 Å². The van der Waals surface area contributed by atoms with Gasteiger partial charge in [-0.25, -0.2) is 9.78 Å². The van der Waals surface area contributed by atoms with Gasteiger partial charge in [0.25, 0.3) is 0 Å². The molecule has 6 rings (SSSR count). The van der Waals surface area contributed by atoms with Gasteiger partial charge in [-0.1, -0.05) is 27.5 Å². The van der Waals surface area contributed by atoms with E-state index in [0.717, 1.165) is 77.0 Å². The molecular weight excluding hydrogens is 788 g/mol. The molecule has 10 nitrogen and oxygen atoms in total. The van der Waals surface area contributed by atoms with E-state index in [0.29, 0.717) is 25.4 Å². The summed E-state index contributed by atoms with van der Waals surface area (Å²) in [6, 6.07) is 5.51. The second-order valence-electron chi connectivity index (χ2n) is 14.8. The minimum Gasteiger partial charge on any atom is -0.444 e. The van der Waals surface area contributed by atoms with Crippen LogP contribution in [-0.2, 0) is 33.6 Å². The molecule has 3 aliphatic rings. The smallest absolute Gasteiger partial charge is 0.408 e. The fraction of sp³-hybridized carbons (Fsp3) is 0.541. The van der Waals surface area contributed by atoms with Crippen LogP contribution < -0.4 is 5.32 Å². The van der Waals surface area contributed by atoms with E-state index in [4.69, 9.17) is 21.3 Å². The molecule has 4 heterocycles. The molecule has 2 aliphatic heterocycles. The number of amides is 3. The van der Waals surface area contributed by atoms with Crippen LogP contribution in [-0.4, -0.2) is 80.5 Å². The lowest BCUT2D eigenvalue weighted by Crippen LogP contribution is -2.52. The fourth-order valence-corrected chi connectivity index (χ4v) is 9.23. The molecule has 0 radical (unpaired) electrons. The summed E-state index contributed by atoms with van der Waals surface area (Å²) < 4.78 is 7.45. The minimum absolute atomic E-state index is 0.128. The van der Waals surface area contributed by atoms with Gasteiger partial charge in [0, 0.05) is 77.0 Å². The maximum Gasteiger partial charge on any atom is 0.408 e. The molecule has 50 heavy (non-hydrogen) atoms. The number of carbonyl (C=O) groups excluding carboxylic acids is 3. The van der Waals surface area contributed by atoms with Crippen LogP contribution in [0.4, 0.5) is 4.79 Å². The van der Waals surface area contributed by atoms with Crippen molar-refractivity contribution in [2.24, 2.45) is 11.8 Å². The van der Waals surface area contributed by atoms with Gasteiger partial charge < -0.3 is 24.8 Å². The third-order valence-corrected chi connectivity index (χ3v) is 11.4. The van der Waals surface area contributed by atoms with Crippen LogP contribution in [0.25, 0.3) is 0 Å². The van der Waals surface area contributed by atoms with Crippen molar-refractivity contribution in [1.29, 1.82) is 0 Å². The number of likely N-dealkylation sites (tertiary alicyclic amines) is 2. The predicted molar refractivity (Wildman–Crippen MR) is 199 cm³/mol. The molecule has 0 spiro atoms. The highest BCUT2D eigenvalue weighted by molar-refractivity contribution is 9.10. The number of alkyl carbamates (subject to hydrolysis) is 1. The highest BCUT2D eigenvalue weighted by Gasteiger charge is 2.37. The van der Waals surface area contributed by atoms with Crippen molar-refractivity contribution in [3.05, 3.63) is 79.0 Å². The zero-order chi connectivity index (χ0) is 35.6. The molecule has 13 heteroatoms. The highest BCUT2D eigenvalue weighted by atomic mass is 79.9. The van der Waals surface area contributed by atoms with Gasteiger partial charge in [-0.05, 0) is 122 Å². The summed E-state index contributed by atoms with van der Waals surface area (Å²) in [6.45, 7) is 7.87. The Hall–Kier alpha value is -2.96. The molecular formula is C37H45Br2ClN6O4. The van der Waals surface area contributed by atoms with Gasteiger partial charge in [0.15, 0.2) is 0 Å². The Morgan fingerprint density at radius 3 is 2.38 bits per heavy atom. The molecule has 268 valence electrons. The third kappa shape index (κ3) is 8.91. The average Bonchev–Trinajstić information content (AvgIpc) is 3.52. The van der Waals surface area contributed by atoms with Crippen molar-refractivity contribution < 1.29 is 19.1 Å². The van der Waals surface area contributed by atoms with Crippen molar-refractivity contribution in [2.75, 3.05) is 26.2 Å². The molecule has 3 amide bonds. The summed E-state index contributed by atoms with van der Waals surface area (Å²) in [6.07, 6.45) is 10.3. The number of halogens is 3. The lowest BCUT2D eigenvalue weighted by atomic mass is 9.76. The molecule has 0 saturated carbocycles. The van der Waals surface area contributed by atoms with Crippen molar-refractivity contribution in [1.82, 2.24) is 30.1 Å². The number of benzene rings is 1. The standard InChI is InChI=1S/C37H45Br2ClN6O4/c1-37(2,3)50-36(49)44-30(18-28-20-41-21-43-28)35(48)46-10-6-22(7-11-46)14-31(47)45-12-8-23(9-13-45)33-32-24(16-27(40)17-29(32)39)4-5-25-15-26(38)19-42-34(25)33/h15-17,19-23,30,33H,4-14,18H2,1-3H3,(H,41,43)(H,44,49)/t30-,33+/m0/s1. The number of fused-ring (bicyclic) bond motifs is 2. The second kappa shape index (κ2) is 15.7. The summed E-state index contributed by atoms with van der Waals surface area (Å²) in [5.41, 5.74) is 5.01. The minimum atomic E-state index is -0.786. The molecule has 3 aromatic rings. The molecule has 2 atom stereocenters. The Bertz CT molecular complexity index is 1700. The first-order valence-electron chi connectivity index (χ1n) is 17.5. The number of H-pyrrole nitrogens is 1. The zero-order valence-corrected chi connectivity index (χ0v) is 32.7. The number of nitrogens with one attached hydrogen (secondary N) is 2. The van der Waals surface area contributed by atoms with Crippen LogP contribution >= 0.6 is 43.5 Å². The molecule has 0 bridgehead atoms. The Morgan fingerprint density at radius 2 is 1.70 bits per heavy atom. The summed E-state index contributed by atoms with van der Waals surface area (Å²) in [4.78, 5) is 55.7. The van der Waals surface area contributed by atoms with Crippen LogP contribution in [0, 0.1) is 11.8 Å². The molecule has 2 N–H and O–H groups in total. The first-order chi connectivity index (χ1) is 23.8. The molecule has 2 saturated heterocycles. The number of piperidine rings is 2. The number of carbonyl (C=O) groups is 3. The number of ether oxygens (including phenoxy) is 1. The highest BCUT2D eigenvalue weighted by Crippen LogP contribution is 2.46. The van der Waals surface area contributed by atoms with Gasteiger partial charge >= 0.3 is 6.09 Å². The Labute approximate surface area is 315 Å². The lowest BCUT2D eigenvalue weighted by Gasteiger charge is -2.38. The lowest BCUT2D eigenvalue weighted by molar-refractivity contribution is -0.136. The number of aryl methyl sites for hydroxylation is 2. The van der Waals surface area contributed by atoms with Crippen molar-refractivity contribution in [3.63, 3.8) is 0 Å². The summed E-state index contributed by atoms with van der Waals surface area (Å²) >= 11 is 14.0. The molecule has 2 fully saturated rings. The SMILES string of the molecule is CC(C)(C)OC(=O)N[C@@H](Cc1cnc[nH]1)C(=O)N1CCC(CC(=O)N2CCC([C@H]3c4ncc(Br)cc4CCc4cc(Cl)cc(Br)c43)CC2)CC1. The normalized spacial score (nSPS) is 19.3. The van der Waals surface area contributed by atoms with E-state index >= 15 is 0 Å². The first-order valence-corrected chi connectivity index (χ1v) is 19.5. The van der Waals surface area contributed by atoms with Crippen LogP contribution in [0.15, 0.2) is 45.9 Å². The van der Waals surface area contributed by atoms with Gasteiger partial charge in [-0.2, -0.15) is 0 Å². The Balaban J connectivity index is 1.05. The average molecular weight is 833 g/mol. The number of hydrogen-bond acceptors (Lipinski definition) is 6. The number of imidazole rings is 1. The van der Waals surface area contributed by atoms with Gasteiger partial charge in [-0.15, -0.1) is 0 Å². The van der Waals surface area contributed by atoms with Crippen molar-refractivity contribution in [2.45, 2.75) is 89.7 Å². The summed E-state index contributed by atoms with van der Waals surface area (Å²) in [5, 5.41) is 3.50.